The minimum atomic E-state index is -0.981. The Hall–Kier alpha value is -4.16. The first kappa shape index (κ1) is 39.0. The van der Waals surface area contributed by atoms with E-state index in [0.717, 1.165) is 42.5 Å². The van der Waals surface area contributed by atoms with Crippen LogP contribution in [0.4, 0.5) is 0 Å². The number of benzene rings is 1. The molecule has 13 heteroatoms. The average molecular weight is 656 g/mol. The second-order valence-corrected chi connectivity index (χ2v) is 11.7. The summed E-state index contributed by atoms with van der Waals surface area (Å²) < 4.78 is 12.8. The fourth-order valence-electron chi connectivity index (χ4n) is 5.75. The second kappa shape index (κ2) is 20.9. The normalized spacial score (nSPS) is 17.3. The van der Waals surface area contributed by atoms with Crippen LogP contribution in [0.5, 0.6) is 0 Å². The first-order valence-electron chi connectivity index (χ1n) is 15.9. The van der Waals surface area contributed by atoms with Crippen molar-refractivity contribution in [3.63, 3.8) is 0 Å². The number of ether oxygens (including phenoxy) is 2. The zero-order chi connectivity index (χ0) is 34.8. The fourth-order valence-corrected chi connectivity index (χ4v) is 5.75. The molecule has 1 aromatic heterocycles. The Bertz CT molecular complexity index is 1320. The van der Waals surface area contributed by atoms with E-state index in [1.54, 1.807) is 7.11 Å². The number of carbonyl (C=O) groups excluding carboxylic acids is 4. The summed E-state index contributed by atoms with van der Waals surface area (Å²) in [5.74, 6) is 0.0704. The summed E-state index contributed by atoms with van der Waals surface area (Å²) >= 11 is 0. The van der Waals surface area contributed by atoms with Gasteiger partial charge in [-0.3, -0.25) is 9.59 Å². The zero-order valence-corrected chi connectivity index (χ0v) is 28.0. The van der Waals surface area contributed by atoms with Gasteiger partial charge in [0.15, 0.2) is 0 Å². The van der Waals surface area contributed by atoms with Crippen molar-refractivity contribution in [1.29, 1.82) is 0 Å². The van der Waals surface area contributed by atoms with Crippen molar-refractivity contribution in [1.82, 2.24) is 24.7 Å². The van der Waals surface area contributed by atoms with Gasteiger partial charge in [-0.15, -0.1) is 0 Å². The summed E-state index contributed by atoms with van der Waals surface area (Å²) in [6, 6.07) is 10.0. The van der Waals surface area contributed by atoms with Crippen LogP contribution in [0, 0.1) is 18.8 Å². The minimum absolute atomic E-state index is 0.0468. The van der Waals surface area contributed by atoms with Crippen molar-refractivity contribution in [2.75, 3.05) is 59.7 Å². The lowest BCUT2D eigenvalue weighted by Gasteiger charge is -2.40. The number of imidazole rings is 1. The molecule has 0 bridgehead atoms. The van der Waals surface area contributed by atoms with Gasteiger partial charge in [0, 0.05) is 64.2 Å². The minimum Gasteiger partial charge on any atom is -0.478 e. The Kier molecular flexibility index (Phi) is 17.3. The van der Waals surface area contributed by atoms with Gasteiger partial charge in [-0.25, -0.2) is 9.78 Å². The number of amides is 2. The first-order valence-corrected chi connectivity index (χ1v) is 15.9. The fraction of sp³-hybridized carbons (Fsp3) is 0.559. The van der Waals surface area contributed by atoms with Gasteiger partial charge in [-0.05, 0) is 50.7 Å². The molecule has 2 aromatic rings. The number of methoxy groups -OCH3 is 1. The highest BCUT2D eigenvalue weighted by atomic mass is 16.5. The van der Waals surface area contributed by atoms with E-state index in [1.165, 1.54) is 0 Å². The third kappa shape index (κ3) is 12.2. The largest absolute Gasteiger partial charge is 0.478 e. The highest BCUT2D eigenvalue weighted by Crippen LogP contribution is 2.26. The molecule has 0 aliphatic carbocycles. The summed E-state index contributed by atoms with van der Waals surface area (Å²) in [6.07, 6.45) is 4.29. The number of piperidine rings is 1. The molecule has 0 spiro atoms. The molecule has 2 saturated heterocycles. The topological polar surface area (TPSA) is 160 Å². The number of aromatic nitrogens is 2. The van der Waals surface area contributed by atoms with Gasteiger partial charge < -0.3 is 34.3 Å². The van der Waals surface area contributed by atoms with Gasteiger partial charge in [0.2, 0.25) is 5.91 Å². The van der Waals surface area contributed by atoms with E-state index in [9.17, 15) is 14.4 Å². The van der Waals surface area contributed by atoms with E-state index in [2.05, 4.69) is 42.4 Å². The van der Waals surface area contributed by atoms with Crippen LogP contribution in [0.2, 0.25) is 0 Å². The van der Waals surface area contributed by atoms with Crippen LogP contribution in [0.3, 0.4) is 0 Å². The van der Waals surface area contributed by atoms with Gasteiger partial charge in [0.05, 0.1) is 24.8 Å². The highest BCUT2D eigenvalue weighted by Gasteiger charge is 2.37. The Morgan fingerprint density at radius 3 is 2.38 bits per heavy atom. The molecule has 2 fully saturated rings. The van der Waals surface area contributed by atoms with Crippen molar-refractivity contribution in [3.05, 3.63) is 60.2 Å². The molecule has 3 heterocycles. The first-order chi connectivity index (χ1) is 22.6. The molecule has 2 amide bonds. The number of carboxylic acids is 1. The van der Waals surface area contributed by atoms with Crippen molar-refractivity contribution < 1.29 is 38.6 Å². The van der Waals surface area contributed by atoms with Crippen LogP contribution < -0.4 is 5.32 Å². The molecule has 13 nitrogen and oxygen atoms in total. The van der Waals surface area contributed by atoms with E-state index in [0.29, 0.717) is 64.7 Å². The van der Waals surface area contributed by atoms with E-state index in [4.69, 9.17) is 29.2 Å². The number of hydrogen-bond donors (Lipinski definition) is 2. The summed E-state index contributed by atoms with van der Waals surface area (Å²) in [5, 5.41) is 11.1. The number of morpholine rings is 1. The van der Waals surface area contributed by atoms with Crippen molar-refractivity contribution in [2.45, 2.75) is 52.5 Å². The van der Waals surface area contributed by atoms with E-state index >= 15 is 0 Å². The second-order valence-electron chi connectivity index (χ2n) is 11.7. The van der Waals surface area contributed by atoms with Gasteiger partial charge in [-0.1, -0.05) is 38.6 Å². The Morgan fingerprint density at radius 2 is 1.81 bits per heavy atom. The molecule has 0 unspecified atom stereocenters. The molecule has 0 radical (unpaired) electrons. The number of carboxylic acid groups (broad SMARTS) is 1. The summed E-state index contributed by atoms with van der Waals surface area (Å²) in [4.78, 5) is 61.9. The van der Waals surface area contributed by atoms with Gasteiger partial charge in [-0.2, -0.15) is 9.59 Å². The molecule has 2 aliphatic rings. The number of hydrogen-bond acceptors (Lipinski definition) is 9. The molecule has 2 N–H and O–H groups in total. The lowest BCUT2D eigenvalue weighted by atomic mass is 9.92. The summed E-state index contributed by atoms with van der Waals surface area (Å²) in [5.41, 5.74) is 2.48. The maximum atomic E-state index is 14.4. The predicted molar refractivity (Wildman–Crippen MR) is 174 cm³/mol. The average Bonchev–Trinajstić information content (AvgIpc) is 3.41. The molecule has 4 rings (SSSR count). The molecule has 2 atom stereocenters. The standard InChI is InChI=1S/C30H45N5O4.C3H4O2.CO2/c1-22(2)21-34(26-18-24(19-31-20-26)29(36)33-13-16-39-17-14-33)30(37)28-27(12-8-9-15-38-4)35(23(3)32-28)25-10-6-5-7-11-25;1-2-3(4)5;2-1-3/h5-7,10-11,22,24,26,31H,8-9,12-21H2,1-4H3;2H,1H2,(H,4,5);/t24-,26+;;/m1../s1. The van der Waals surface area contributed by atoms with Gasteiger partial charge >= 0.3 is 12.1 Å². The number of para-hydroxylation sites is 1. The molecule has 258 valence electrons. The van der Waals surface area contributed by atoms with Crippen LogP contribution in [0.25, 0.3) is 5.69 Å². The van der Waals surface area contributed by atoms with Crippen LogP contribution >= 0.6 is 0 Å². The number of aliphatic carboxylic acids is 1. The number of carbonyl (C=O) groups is 3. The van der Waals surface area contributed by atoms with Crippen molar-refractivity contribution >= 4 is 23.9 Å². The maximum absolute atomic E-state index is 14.4. The number of nitrogens with zero attached hydrogens (tertiary/aromatic N) is 4. The predicted octanol–water partition coefficient (Wildman–Crippen LogP) is 2.76. The molecule has 47 heavy (non-hydrogen) atoms. The van der Waals surface area contributed by atoms with Crippen LogP contribution in [-0.2, 0) is 35.1 Å². The maximum Gasteiger partial charge on any atom is 0.373 e. The smallest absolute Gasteiger partial charge is 0.373 e. The molecular weight excluding hydrogens is 606 g/mol. The van der Waals surface area contributed by atoms with E-state index in [1.807, 2.05) is 34.9 Å². The molecule has 2 aliphatic heterocycles. The number of nitrogens with one attached hydrogen (secondary N) is 1. The van der Waals surface area contributed by atoms with Gasteiger partial charge in [0.25, 0.3) is 5.91 Å². The Morgan fingerprint density at radius 1 is 1.17 bits per heavy atom. The number of unbranched alkanes of at least 4 members (excludes halogenated alkanes) is 1. The third-order valence-corrected chi connectivity index (χ3v) is 7.81. The molecular formula is C34H49N5O8. The Labute approximate surface area is 276 Å². The third-order valence-electron chi connectivity index (χ3n) is 7.81. The zero-order valence-electron chi connectivity index (χ0n) is 28.0. The molecule has 1 aromatic carbocycles. The SMILES string of the molecule is C=CC(=O)O.COCCCCc1c(C(=O)N(CC(C)C)[C@@H]2CNC[C@H](C(=O)N3CCOCC3)C2)nc(C)n1-c1ccccc1.O=C=O. The van der Waals surface area contributed by atoms with E-state index < -0.39 is 5.97 Å². The van der Waals surface area contributed by atoms with Crippen molar-refractivity contribution in [2.24, 2.45) is 11.8 Å². The number of rotatable bonds is 12. The van der Waals surface area contributed by atoms with Crippen LogP contribution in [0.15, 0.2) is 43.0 Å². The van der Waals surface area contributed by atoms with Crippen LogP contribution in [0.1, 0.15) is 55.1 Å². The highest BCUT2D eigenvalue weighted by molar-refractivity contribution is 5.94. The summed E-state index contributed by atoms with van der Waals surface area (Å²) in [7, 11) is 1.71. The molecule has 0 saturated carbocycles. The lowest BCUT2D eigenvalue weighted by molar-refractivity contribution is -0.191. The lowest BCUT2D eigenvalue weighted by Crippen LogP contribution is -2.56. The van der Waals surface area contributed by atoms with Crippen molar-refractivity contribution in [3.8, 4) is 5.69 Å². The summed E-state index contributed by atoms with van der Waals surface area (Å²) in [6.45, 7) is 14.3. The number of aryl methyl sites for hydroxylation is 1. The van der Waals surface area contributed by atoms with Gasteiger partial charge in [0.1, 0.15) is 11.5 Å². The Balaban J connectivity index is 0.000000863. The van der Waals surface area contributed by atoms with Crippen LogP contribution in [-0.4, -0.2) is 114 Å². The van der Waals surface area contributed by atoms with E-state index in [-0.39, 0.29) is 35.8 Å². The monoisotopic (exact) mass is 655 g/mol. The quantitative estimate of drug-likeness (QED) is 0.257.